The van der Waals surface area contributed by atoms with Gasteiger partial charge in [-0.15, -0.1) is 0 Å². The van der Waals surface area contributed by atoms with E-state index in [4.69, 9.17) is 9.47 Å². The Morgan fingerprint density at radius 3 is 2.69 bits per heavy atom. The van der Waals surface area contributed by atoms with Crippen molar-refractivity contribution < 1.29 is 27.8 Å². The van der Waals surface area contributed by atoms with Crippen molar-refractivity contribution in [3.8, 4) is 17.2 Å². The van der Waals surface area contributed by atoms with Crippen LogP contribution in [-0.4, -0.2) is 35.6 Å². The molecule has 35 heavy (non-hydrogen) atoms. The topological polar surface area (TPSA) is 74.1 Å². The molecule has 0 unspecified atom stereocenters. The van der Waals surface area contributed by atoms with E-state index in [1.165, 1.54) is 13.2 Å². The normalized spacial score (nSPS) is 11.0. The maximum Gasteiger partial charge on any atom is 0.387 e. The first-order valence-electron chi connectivity index (χ1n) is 11.0. The summed E-state index contributed by atoms with van der Waals surface area (Å²) in [6.45, 7) is -0.464. The SMILES string of the molecule is COc1ccc(CCNC(=O)c2ccccc2OCc2cn3cccc(C)c3n2)cc1OC(F)F. The number of aromatic nitrogens is 2. The molecule has 0 saturated carbocycles. The fourth-order valence-corrected chi connectivity index (χ4v) is 3.69. The van der Waals surface area contributed by atoms with Gasteiger partial charge in [0.2, 0.25) is 0 Å². The van der Waals surface area contributed by atoms with E-state index in [2.05, 4.69) is 15.0 Å². The lowest BCUT2D eigenvalue weighted by molar-refractivity contribution is -0.0512. The number of alkyl halides is 2. The molecular weight excluding hydrogens is 456 g/mol. The molecule has 182 valence electrons. The number of amides is 1. The summed E-state index contributed by atoms with van der Waals surface area (Å²) >= 11 is 0. The molecule has 2 aromatic carbocycles. The summed E-state index contributed by atoms with van der Waals surface area (Å²) in [5, 5.41) is 2.84. The number of nitrogens with zero attached hydrogens (tertiary/aromatic N) is 2. The Morgan fingerprint density at radius 2 is 1.91 bits per heavy atom. The van der Waals surface area contributed by atoms with Gasteiger partial charge in [-0.2, -0.15) is 8.78 Å². The Bertz CT molecular complexity index is 1320. The number of nitrogens with one attached hydrogen (secondary N) is 1. The molecule has 2 heterocycles. The second-order valence-corrected chi connectivity index (χ2v) is 7.81. The third kappa shape index (κ3) is 5.87. The molecule has 7 nitrogen and oxygen atoms in total. The molecule has 0 atom stereocenters. The fraction of sp³-hybridized carbons (Fsp3) is 0.231. The van der Waals surface area contributed by atoms with Gasteiger partial charge in [0.1, 0.15) is 18.0 Å². The molecule has 0 aliphatic rings. The van der Waals surface area contributed by atoms with E-state index in [0.29, 0.717) is 29.8 Å². The van der Waals surface area contributed by atoms with Gasteiger partial charge < -0.3 is 23.9 Å². The number of fused-ring (bicyclic) bond motifs is 1. The lowest BCUT2D eigenvalue weighted by Crippen LogP contribution is -2.26. The molecule has 2 aromatic heterocycles. The number of benzene rings is 2. The number of carbonyl (C=O) groups excluding carboxylic acids is 1. The van der Waals surface area contributed by atoms with E-state index < -0.39 is 6.61 Å². The summed E-state index contributed by atoms with van der Waals surface area (Å²) in [7, 11) is 1.38. The Hall–Kier alpha value is -4.14. The molecule has 0 fully saturated rings. The van der Waals surface area contributed by atoms with Gasteiger partial charge in [0.05, 0.1) is 18.4 Å². The van der Waals surface area contributed by atoms with Crippen molar-refractivity contribution in [2.24, 2.45) is 0 Å². The third-order valence-corrected chi connectivity index (χ3v) is 5.38. The maximum atomic E-state index is 12.8. The second-order valence-electron chi connectivity index (χ2n) is 7.81. The van der Waals surface area contributed by atoms with Crippen LogP contribution in [0.5, 0.6) is 17.2 Å². The van der Waals surface area contributed by atoms with Crippen LogP contribution >= 0.6 is 0 Å². The smallest absolute Gasteiger partial charge is 0.387 e. The van der Waals surface area contributed by atoms with Crippen molar-refractivity contribution in [3.05, 3.63) is 89.4 Å². The summed E-state index contributed by atoms with van der Waals surface area (Å²) in [4.78, 5) is 17.4. The Morgan fingerprint density at radius 1 is 1.09 bits per heavy atom. The van der Waals surface area contributed by atoms with E-state index in [0.717, 1.165) is 16.9 Å². The van der Waals surface area contributed by atoms with Crippen LogP contribution in [0.25, 0.3) is 5.65 Å². The Balaban J connectivity index is 1.37. The van der Waals surface area contributed by atoms with Crippen molar-refractivity contribution in [1.29, 1.82) is 0 Å². The average Bonchev–Trinajstić information content (AvgIpc) is 3.27. The zero-order chi connectivity index (χ0) is 24.8. The molecule has 0 aliphatic heterocycles. The summed E-state index contributed by atoms with van der Waals surface area (Å²) in [6, 6.07) is 15.7. The number of pyridine rings is 1. The van der Waals surface area contributed by atoms with E-state index in [1.807, 2.05) is 35.9 Å². The lowest BCUT2D eigenvalue weighted by Gasteiger charge is -2.13. The van der Waals surface area contributed by atoms with Crippen molar-refractivity contribution in [1.82, 2.24) is 14.7 Å². The molecule has 0 spiro atoms. The van der Waals surface area contributed by atoms with Crippen LogP contribution in [0.3, 0.4) is 0 Å². The molecule has 0 aliphatic carbocycles. The number of para-hydroxylation sites is 1. The average molecular weight is 481 g/mol. The van der Waals surface area contributed by atoms with Gasteiger partial charge in [-0.3, -0.25) is 4.79 Å². The number of halogens is 2. The second kappa shape index (κ2) is 10.9. The first-order chi connectivity index (χ1) is 16.9. The number of rotatable bonds is 10. The van der Waals surface area contributed by atoms with Gasteiger partial charge in [-0.05, 0) is 54.8 Å². The van der Waals surface area contributed by atoms with Gasteiger partial charge >= 0.3 is 6.61 Å². The summed E-state index contributed by atoms with van der Waals surface area (Å²) in [5.74, 6) is 0.303. The summed E-state index contributed by atoms with van der Waals surface area (Å²) in [5.41, 5.74) is 3.77. The van der Waals surface area contributed by atoms with Gasteiger partial charge in [0.15, 0.2) is 11.5 Å². The number of aryl methyl sites for hydroxylation is 1. The van der Waals surface area contributed by atoms with Crippen LogP contribution in [0, 0.1) is 6.92 Å². The minimum Gasteiger partial charge on any atom is -0.493 e. The van der Waals surface area contributed by atoms with Crippen LogP contribution in [0.4, 0.5) is 8.78 Å². The number of imidazole rings is 1. The van der Waals surface area contributed by atoms with Crippen molar-refractivity contribution >= 4 is 11.6 Å². The predicted molar refractivity (Wildman–Crippen MR) is 126 cm³/mol. The minimum absolute atomic E-state index is 0.0489. The third-order valence-electron chi connectivity index (χ3n) is 5.38. The van der Waals surface area contributed by atoms with E-state index in [1.54, 1.807) is 36.4 Å². The van der Waals surface area contributed by atoms with Gasteiger partial charge in [0.25, 0.3) is 5.91 Å². The zero-order valence-corrected chi connectivity index (χ0v) is 19.3. The number of hydrogen-bond donors (Lipinski definition) is 1. The summed E-state index contributed by atoms with van der Waals surface area (Å²) in [6.07, 6.45) is 4.23. The number of hydrogen-bond acceptors (Lipinski definition) is 5. The van der Waals surface area contributed by atoms with E-state index >= 15 is 0 Å². The molecule has 0 bridgehead atoms. The largest absolute Gasteiger partial charge is 0.493 e. The summed E-state index contributed by atoms with van der Waals surface area (Å²) < 4.78 is 42.7. The molecule has 9 heteroatoms. The van der Waals surface area contributed by atoms with Crippen molar-refractivity contribution in [3.63, 3.8) is 0 Å². The van der Waals surface area contributed by atoms with Crippen molar-refractivity contribution in [2.45, 2.75) is 26.6 Å². The van der Waals surface area contributed by atoms with E-state index in [9.17, 15) is 13.6 Å². The van der Waals surface area contributed by atoms with Crippen LogP contribution in [0.2, 0.25) is 0 Å². The quantitative estimate of drug-likeness (QED) is 0.352. The molecule has 0 radical (unpaired) electrons. The van der Waals surface area contributed by atoms with Crippen LogP contribution < -0.4 is 19.5 Å². The minimum atomic E-state index is -2.96. The highest BCUT2D eigenvalue weighted by molar-refractivity contribution is 5.96. The first-order valence-corrected chi connectivity index (χ1v) is 11.0. The highest BCUT2D eigenvalue weighted by Gasteiger charge is 2.14. The number of ether oxygens (including phenoxy) is 3. The lowest BCUT2D eigenvalue weighted by atomic mass is 10.1. The van der Waals surface area contributed by atoms with Crippen LogP contribution in [0.1, 0.15) is 27.2 Å². The van der Waals surface area contributed by atoms with Crippen LogP contribution in [0.15, 0.2) is 67.0 Å². The number of methoxy groups -OCH3 is 1. The Kier molecular flexibility index (Phi) is 7.45. The molecule has 4 aromatic rings. The maximum absolute atomic E-state index is 12.8. The zero-order valence-electron chi connectivity index (χ0n) is 19.3. The monoisotopic (exact) mass is 481 g/mol. The van der Waals surface area contributed by atoms with Gasteiger partial charge in [-0.25, -0.2) is 4.98 Å². The molecular formula is C26H25F2N3O4. The highest BCUT2D eigenvalue weighted by atomic mass is 19.3. The van der Waals surface area contributed by atoms with E-state index in [-0.39, 0.29) is 24.0 Å². The highest BCUT2D eigenvalue weighted by Crippen LogP contribution is 2.29. The molecule has 1 amide bonds. The van der Waals surface area contributed by atoms with Gasteiger partial charge in [-0.1, -0.05) is 24.3 Å². The van der Waals surface area contributed by atoms with Gasteiger partial charge in [0, 0.05) is 18.9 Å². The van der Waals surface area contributed by atoms with Crippen LogP contribution in [-0.2, 0) is 13.0 Å². The predicted octanol–water partition coefficient (Wildman–Crippen LogP) is 4.80. The van der Waals surface area contributed by atoms with Crippen molar-refractivity contribution in [2.75, 3.05) is 13.7 Å². The Labute approximate surface area is 201 Å². The number of carbonyl (C=O) groups is 1. The molecule has 0 saturated heterocycles. The molecule has 1 N–H and O–H groups in total. The standard InChI is InChI=1S/C26H25F2N3O4/c1-17-6-5-13-31-15-19(30-24(17)31)16-34-21-8-4-3-7-20(21)25(32)29-12-11-18-9-10-22(33-2)23(14-18)35-26(27)28/h3-10,13-15,26H,11-12,16H2,1-2H3,(H,29,32). The first kappa shape index (κ1) is 24.0. The fourth-order valence-electron chi connectivity index (χ4n) is 3.69. The molecule has 4 rings (SSSR count).